The summed E-state index contributed by atoms with van der Waals surface area (Å²) in [5.41, 5.74) is 6.43. The van der Waals surface area contributed by atoms with E-state index in [9.17, 15) is 40.0 Å². The fraction of sp³-hybridized carbons (Fsp3) is 0.375. The van der Waals surface area contributed by atoms with Crippen LogP contribution >= 0.6 is 0 Å². The topological polar surface area (TPSA) is 128 Å². The molecule has 0 aliphatic carbocycles. The zero-order valence-corrected chi connectivity index (χ0v) is 26.3. The van der Waals surface area contributed by atoms with Gasteiger partial charge >= 0.3 is 12.8 Å². The Kier molecular flexibility index (Phi) is 11.1. The zero-order chi connectivity index (χ0) is 34.5. The molecule has 0 radical (unpaired) electrons. The Labute approximate surface area is 268 Å². The minimum atomic E-state index is -4.53. The first-order chi connectivity index (χ1) is 22.1. The smallest absolute Gasteiger partial charge is 0.416 e. The van der Waals surface area contributed by atoms with Gasteiger partial charge in [-0.15, -0.1) is 0 Å². The minimum absolute atomic E-state index is 0.0104. The van der Waals surface area contributed by atoms with Gasteiger partial charge in [-0.05, 0) is 65.7 Å². The Balaban J connectivity index is 1.71. The number of nitrogens with zero attached hydrogens (tertiary/aromatic N) is 1. The summed E-state index contributed by atoms with van der Waals surface area (Å²) in [5, 5.41) is 2.73. The third kappa shape index (κ3) is 8.98. The Morgan fingerprint density at radius 1 is 1.04 bits per heavy atom. The molecule has 0 unspecified atom stereocenters. The van der Waals surface area contributed by atoms with Crippen LogP contribution in [0.1, 0.15) is 53.2 Å². The molecule has 3 aromatic carbocycles. The van der Waals surface area contributed by atoms with Crippen molar-refractivity contribution in [3.05, 3.63) is 89.0 Å². The van der Waals surface area contributed by atoms with Crippen LogP contribution in [-0.4, -0.2) is 64.4 Å². The first-order valence-corrected chi connectivity index (χ1v) is 16.3. The molecule has 9 nitrogen and oxygen atoms in total. The van der Waals surface area contributed by atoms with Gasteiger partial charge < -0.3 is 25.4 Å². The molecule has 3 atom stereocenters. The fourth-order valence-corrected chi connectivity index (χ4v) is 6.38. The summed E-state index contributed by atoms with van der Waals surface area (Å²) in [6, 6.07) is 14.2. The van der Waals surface area contributed by atoms with E-state index in [0.29, 0.717) is 16.8 Å². The van der Waals surface area contributed by atoms with Crippen LogP contribution in [0.5, 0.6) is 5.75 Å². The third-order valence-electron chi connectivity index (χ3n) is 7.86. The number of benzene rings is 3. The Morgan fingerprint density at radius 2 is 1.70 bits per heavy atom. The average Bonchev–Trinajstić information content (AvgIpc) is 3.42. The van der Waals surface area contributed by atoms with Gasteiger partial charge in [-0.2, -0.15) is 22.0 Å². The molecule has 2 amide bonds. The number of carbonyl (C=O) groups is 2. The first-order valence-electron chi connectivity index (χ1n) is 14.6. The number of amides is 2. The number of alkyl halides is 5. The molecular weight excluding hydrogens is 649 g/mol. The molecule has 1 fully saturated rings. The highest BCUT2D eigenvalue weighted by molar-refractivity contribution is 7.91. The number of anilines is 1. The van der Waals surface area contributed by atoms with Gasteiger partial charge in [0.1, 0.15) is 11.9 Å². The quantitative estimate of drug-likeness (QED) is 0.239. The number of halogens is 5. The molecule has 3 N–H and O–H groups in total. The number of primary amides is 1. The van der Waals surface area contributed by atoms with Crippen LogP contribution in [0.3, 0.4) is 0 Å². The molecule has 1 saturated heterocycles. The summed E-state index contributed by atoms with van der Waals surface area (Å²) in [6.45, 7) is -0.482. The van der Waals surface area contributed by atoms with E-state index in [-0.39, 0.29) is 47.4 Å². The maximum Gasteiger partial charge on any atom is 0.416 e. The molecule has 15 heteroatoms. The SMILES string of the molecule is CCS(=O)(=O)c1ccc([C@@H](CNC(C)=O)c2cc(N3C[C@@H](Oc4ccc(C(F)(F)F)cc4)C[C@H]3COC(F)F)ccc2C(N)=O)cc1. The number of ether oxygens (including phenoxy) is 2. The highest BCUT2D eigenvalue weighted by atomic mass is 32.2. The van der Waals surface area contributed by atoms with Gasteiger partial charge in [-0.25, -0.2) is 8.42 Å². The lowest BCUT2D eigenvalue weighted by Gasteiger charge is -2.28. The number of hydrogen-bond donors (Lipinski definition) is 2. The molecule has 0 spiro atoms. The molecule has 0 bridgehead atoms. The van der Waals surface area contributed by atoms with Gasteiger partial charge in [0, 0.05) is 37.1 Å². The van der Waals surface area contributed by atoms with E-state index < -0.39 is 58.8 Å². The predicted molar refractivity (Wildman–Crippen MR) is 163 cm³/mol. The second-order valence-electron chi connectivity index (χ2n) is 11.0. The molecule has 1 heterocycles. The van der Waals surface area contributed by atoms with Crippen molar-refractivity contribution in [3.63, 3.8) is 0 Å². The summed E-state index contributed by atoms with van der Waals surface area (Å²) in [5.74, 6) is -1.76. The van der Waals surface area contributed by atoms with E-state index in [0.717, 1.165) is 12.1 Å². The second-order valence-corrected chi connectivity index (χ2v) is 13.3. The van der Waals surface area contributed by atoms with Gasteiger partial charge in [0.2, 0.25) is 11.8 Å². The van der Waals surface area contributed by atoms with Crippen molar-refractivity contribution in [2.45, 2.75) is 56.0 Å². The summed E-state index contributed by atoms with van der Waals surface area (Å²) in [6.07, 6.45) is -4.97. The van der Waals surface area contributed by atoms with Gasteiger partial charge in [0.05, 0.1) is 35.4 Å². The number of rotatable bonds is 13. The van der Waals surface area contributed by atoms with Crippen molar-refractivity contribution in [1.29, 1.82) is 0 Å². The van der Waals surface area contributed by atoms with Crippen molar-refractivity contribution in [1.82, 2.24) is 5.32 Å². The number of carbonyl (C=O) groups excluding carboxylic acids is 2. The number of hydrogen-bond acceptors (Lipinski definition) is 7. The average molecular weight is 684 g/mol. The highest BCUT2D eigenvalue weighted by Gasteiger charge is 2.36. The minimum Gasteiger partial charge on any atom is -0.489 e. The lowest BCUT2D eigenvalue weighted by molar-refractivity contribution is -0.137. The predicted octanol–water partition coefficient (Wildman–Crippen LogP) is 5.13. The van der Waals surface area contributed by atoms with Crippen LogP contribution in [-0.2, 0) is 25.5 Å². The second kappa shape index (κ2) is 14.7. The Morgan fingerprint density at radius 3 is 2.26 bits per heavy atom. The summed E-state index contributed by atoms with van der Waals surface area (Å²) in [7, 11) is -3.50. The monoisotopic (exact) mass is 683 g/mol. The maximum atomic E-state index is 13.1. The van der Waals surface area contributed by atoms with Crippen molar-refractivity contribution < 1.29 is 49.4 Å². The van der Waals surface area contributed by atoms with Crippen molar-refractivity contribution in [2.24, 2.45) is 5.73 Å². The van der Waals surface area contributed by atoms with Crippen LogP contribution < -0.4 is 20.7 Å². The summed E-state index contributed by atoms with van der Waals surface area (Å²) < 4.78 is 101. The van der Waals surface area contributed by atoms with Crippen molar-refractivity contribution >= 4 is 27.3 Å². The third-order valence-corrected chi connectivity index (χ3v) is 9.61. The molecule has 1 aliphatic rings. The lowest BCUT2D eigenvalue weighted by Crippen LogP contribution is -2.34. The lowest BCUT2D eigenvalue weighted by atomic mass is 9.87. The van der Waals surface area contributed by atoms with E-state index in [2.05, 4.69) is 10.1 Å². The molecule has 0 aromatic heterocycles. The molecule has 1 aliphatic heterocycles. The van der Waals surface area contributed by atoms with Crippen LogP contribution in [0.4, 0.5) is 27.6 Å². The van der Waals surface area contributed by atoms with Gasteiger partial charge in [-0.3, -0.25) is 9.59 Å². The van der Waals surface area contributed by atoms with Gasteiger partial charge in [0.25, 0.3) is 0 Å². The highest BCUT2D eigenvalue weighted by Crippen LogP contribution is 2.36. The van der Waals surface area contributed by atoms with Gasteiger partial charge in [0.15, 0.2) is 9.84 Å². The van der Waals surface area contributed by atoms with Crippen LogP contribution in [0, 0.1) is 0 Å². The zero-order valence-electron chi connectivity index (χ0n) is 25.5. The van der Waals surface area contributed by atoms with E-state index in [1.54, 1.807) is 29.2 Å². The summed E-state index contributed by atoms with van der Waals surface area (Å²) >= 11 is 0. The number of nitrogens with one attached hydrogen (secondary N) is 1. The van der Waals surface area contributed by atoms with E-state index in [1.165, 1.54) is 44.2 Å². The maximum absolute atomic E-state index is 13.1. The first kappa shape index (κ1) is 35.6. The Bertz CT molecular complexity index is 1670. The van der Waals surface area contributed by atoms with Crippen LogP contribution in [0.25, 0.3) is 0 Å². The molecule has 47 heavy (non-hydrogen) atoms. The van der Waals surface area contributed by atoms with E-state index in [1.807, 2.05) is 0 Å². The molecule has 4 rings (SSSR count). The molecule has 3 aromatic rings. The van der Waals surface area contributed by atoms with Crippen molar-refractivity contribution in [2.75, 3.05) is 30.3 Å². The number of nitrogens with two attached hydrogens (primary N) is 1. The van der Waals surface area contributed by atoms with Crippen LogP contribution in [0.15, 0.2) is 71.6 Å². The fourth-order valence-electron chi connectivity index (χ4n) is 5.50. The van der Waals surface area contributed by atoms with Crippen LogP contribution in [0.2, 0.25) is 0 Å². The number of sulfone groups is 1. The van der Waals surface area contributed by atoms with Gasteiger partial charge in [-0.1, -0.05) is 19.1 Å². The van der Waals surface area contributed by atoms with E-state index in [4.69, 9.17) is 10.5 Å². The Hall–Kier alpha value is -4.24. The molecule has 254 valence electrons. The molecule has 0 saturated carbocycles. The van der Waals surface area contributed by atoms with E-state index >= 15 is 0 Å². The largest absolute Gasteiger partial charge is 0.489 e. The van der Waals surface area contributed by atoms with Crippen molar-refractivity contribution in [3.8, 4) is 5.75 Å². The standard InChI is InChI=1S/C32H34F5N3O6S/c1-3-47(43,44)26-11-4-20(5-12-26)29(16-39-19(2)41)28-15-22(8-13-27(28)30(38)42)40-17-25(14-23(40)18-45-31(33)34)46-24-9-6-21(7-10-24)32(35,36)37/h4-13,15,23,25,29,31H,3,14,16-18H2,1-2H3,(H2,38,42)(H,39,41)/t23-,25-,29+/m0/s1. The molecular formula is C32H34F5N3O6S. The normalized spacial score (nSPS) is 17.5. The summed E-state index contributed by atoms with van der Waals surface area (Å²) in [4.78, 5) is 26.3.